The summed E-state index contributed by atoms with van der Waals surface area (Å²) in [4.78, 5) is 20.1. The van der Waals surface area contributed by atoms with Crippen LogP contribution in [0.1, 0.15) is 40.7 Å². The van der Waals surface area contributed by atoms with Crippen LogP contribution in [0.25, 0.3) is 16.7 Å². The summed E-state index contributed by atoms with van der Waals surface area (Å²) in [5.74, 6) is -0.507. The molecule has 0 saturated heterocycles. The summed E-state index contributed by atoms with van der Waals surface area (Å²) in [7, 11) is 0. The van der Waals surface area contributed by atoms with Gasteiger partial charge < -0.3 is 10.2 Å². The van der Waals surface area contributed by atoms with Gasteiger partial charge in [-0.2, -0.15) is 5.10 Å². The molecule has 2 heterocycles. The third-order valence-electron chi connectivity index (χ3n) is 5.88. The quantitative estimate of drug-likeness (QED) is 0.371. The number of anilines is 1. The average molecular weight is 460 g/mol. The molecule has 0 aliphatic rings. The first-order valence-electron chi connectivity index (χ1n) is 11.6. The molecule has 2 aromatic heterocycles. The van der Waals surface area contributed by atoms with Crippen LogP contribution in [0.2, 0.25) is 0 Å². The highest BCUT2D eigenvalue weighted by Crippen LogP contribution is 2.25. The number of carbonyl (C=O) groups is 1. The molecule has 6 nitrogen and oxygen atoms in total. The minimum absolute atomic E-state index is 0.156. The SMILES string of the molecule is CCN(CCCNC(=O)c1cc(C)nc2c1c(C)nn2-c1cccc(F)c1)c1cccc(C)c1. The van der Waals surface area contributed by atoms with Crippen molar-refractivity contribution < 1.29 is 9.18 Å². The van der Waals surface area contributed by atoms with Gasteiger partial charge in [-0.3, -0.25) is 4.79 Å². The van der Waals surface area contributed by atoms with Crippen molar-refractivity contribution in [1.29, 1.82) is 0 Å². The number of halogens is 1. The summed E-state index contributed by atoms with van der Waals surface area (Å²) in [6.07, 6.45) is 0.822. The summed E-state index contributed by atoms with van der Waals surface area (Å²) in [6.45, 7) is 10.2. The van der Waals surface area contributed by atoms with Gasteiger partial charge in [0.25, 0.3) is 5.91 Å². The predicted octanol–water partition coefficient (Wildman–Crippen LogP) is 5.13. The van der Waals surface area contributed by atoms with Gasteiger partial charge >= 0.3 is 0 Å². The van der Waals surface area contributed by atoms with Crippen LogP contribution in [0.4, 0.5) is 10.1 Å². The van der Waals surface area contributed by atoms with Crippen LogP contribution in [-0.2, 0) is 0 Å². The summed E-state index contributed by atoms with van der Waals surface area (Å²) >= 11 is 0. The van der Waals surface area contributed by atoms with E-state index >= 15 is 0 Å². The van der Waals surface area contributed by atoms with Crippen molar-refractivity contribution in [3.8, 4) is 5.69 Å². The van der Waals surface area contributed by atoms with E-state index in [1.807, 2.05) is 13.8 Å². The Balaban J connectivity index is 1.50. The first kappa shape index (κ1) is 23.4. The van der Waals surface area contributed by atoms with Gasteiger partial charge in [0, 0.05) is 31.0 Å². The molecule has 0 aliphatic carbocycles. The van der Waals surface area contributed by atoms with Crippen molar-refractivity contribution in [1.82, 2.24) is 20.1 Å². The minimum Gasteiger partial charge on any atom is -0.372 e. The van der Waals surface area contributed by atoms with Crippen molar-refractivity contribution in [3.63, 3.8) is 0 Å². The number of hydrogen-bond acceptors (Lipinski definition) is 4. The Hall–Kier alpha value is -3.74. The number of benzene rings is 2. The number of aryl methyl sites for hydroxylation is 3. The van der Waals surface area contributed by atoms with Crippen LogP contribution in [0.15, 0.2) is 54.6 Å². The van der Waals surface area contributed by atoms with E-state index in [0.717, 1.165) is 19.5 Å². The average Bonchev–Trinajstić information content (AvgIpc) is 3.14. The van der Waals surface area contributed by atoms with E-state index in [4.69, 9.17) is 0 Å². The van der Waals surface area contributed by atoms with Gasteiger partial charge in [0.15, 0.2) is 5.65 Å². The van der Waals surface area contributed by atoms with Crippen molar-refractivity contribution in [3.05, 3.63) is 82.9 Å². The highest BCUT2D eigenvalue weighted by Gasteiger charge is 2.19. The van der Waals surface area contributed by atoms with Crippen LogP contribution in [-0.4, -0.2) is 40.3 Å². The standard InChI is InChI=1S/C27H30FN5O/c1-5-32(22-11-6-9-18(2)15-22)14-8-13-29-27(34)24-16-19(3)30-26-25(24)20(4)31-33(26)23-12-7-10-21(28)17-23/h6-7,9-12,15-17H,5,8,13-14H2,1-4H3,(H,29,34). The molecule has 1 N–H and O–H groups in total. The van der Waals surface area contributed by atoms with E-state index in [9.17, 15) is 9.18 Å². The second kappa shape index (κ2) is 10.0. The van der Waals surface area contributed by atoms with Gasteiger partial charge in [0.1, 0.15) is 5.82 Å². The van der Waals surface area contributed by atoms with Gasteiger partial charge in [0.2, 0.25) is 0 Å². The fraction of sp³-hybridized carbons (Fsp3) is 0.296. The fourth-order valence-corrected chi connectivity index (χ4v) is 4.24. The molecule has 4 rings (SSSR count). The van der Waals surface area contributed by atoms with Gasteiger partial charge in [-0.15, -0.1) is 0 Å². The summed E-state index contributed by atoms with van der Waals surface area (Å²) in [5.41, 5.74) is 5.45. The van der Waals surface area contributed by atoms with E-state index in [1.165, 1.54) is 23.4 Å². The zero-order valence-corrected chi connectivity index (χ0v) is 20.1. The minimum atomic E-state index is -0.351. The van der Waals surface area contributed by atoms with Crippen LogP contribution < -0.4 is 10.2 Å². The molecular weight excluding hydrogens is 429 g/mol. The Labute approximate surface area is 199 Å². The summed E-state index contributed by atoms with van der Waals surface area (Å²) in [6, 6.07) is 16.4. The third kappa shape index (κ3) is 4.93. The first-order valence-corrected chi connectivity index (χ1v) is 11.6. The molecule has 0 spiro atoms. The monoisotopic (exact) mass is 459 g/mol. The molecule has 0 fully saturated rings. The number of hydrogen-bond donors (Lipinski definition) is 1. The number of carbonyl (C=O) groups excluding carboxylic acids is 1. The van der Waals surface area contributed by atoms with Gasteiger partial charge in [0.05, 0.1) is 22.3 Å². The zero-order chi connectivity index (χ0) is 24.2. The molecule has 7 heteroatoms. The lowest BCUT2D eigenvalue weighted by Gasteiger charge is -2.23. The highest BCUT2D eigenvalue weighted by atomic mass is 19.1. The summed E-state index contributed by atoms with van der Waals surface area (Å²) < 4.78 is 15.4. The van der Waals surface area contributed by atoms with Gasteiger partial charge in [-0.25, -0.2) is 14.1 Å². The Kier molecular flexibility index (Phi) is 6.91. The molecule has 0 aliphatic heterocycles. The lowest BCUT2D eigenvalue weighted by atomic mass is 10.1. The van der Waals surface area contributed by atoms with Crippen LogP contribution in [0.3, 0.4) is 0 Å². The summed E-state index contributed by atoms with van der Waals surface area (Å²) in [5, 5.41) is 8.30. The second-order valence-electron chi connectivity index (χ2n) is 8.52. The van der Waals surface area contributed by atoms with E-state index in [2.05, 4.69) is 58.4 Å². The molecule has 0 unspecified atom stereocenters. The topological polar surface area (TPSA) is 63.1 Å². The fourth-order valence-electron chi connectivity index (χ4n) is 4.24. The molecule has 0 bridgehead atoms. The predicted molar refractivity (Wildman–Crippen MR) is 134 cm³/mol. The lowest BCUT2D eigenvalue weighted by Crippen LogP contribution is -2.30. The number of nitrogens with zero attached hydrogens (tertiary/aromatic N) is 4. The second-order valence-corrected chi connectivity index (χ2v) is 8.52. The number of pyridine rings is 1. The Morgan fingerprint density at radius 2 is 1.88 bits per heavy atom. The van der Waals surface area contributed by atoms with Crippen LogP contribution in [0, 0.1) is 26.6 Å². The molecule has 0 atom stereocenters. The Bertz CT molecular complexity index is 1330. The largest absolute Gasteiger partial charge is 0.372 e. The first-order chi connectivity index (χ1) is 16.4. The maximum atomic E-state index is 13.8. The molecule has 0 radical (unpaired) electrons. The zero-order valence-electron chi connectivity index (χ0n) is 20.1. The number of amides is 1. The van der Waals surface area contributed by atoms with Crippen molar-refractivity contribution in [2.45, 2.75) is 34.1 Å². The van der Waals surface area contributed by atoms with E-state index in [1.54, 1.807) is 22.9 Å². The molecular formula is C27H30FN5O. The van der Waals surface area contributed by atoms with E-state index < -0.39 is 0 Å². The van der Waals surface area contributed by atoms with Gasteiger partial charge in [-0.05, 0) is 76.1 Å². The third-order valence-corrected chi connectivity index (χ3v) is 5.88. The van der Waals surface area contributed by atoms with Gasteiger partial charge in [-0.1, -0.05) is 18.2 Å². The van der Waals surface area contributed by atoms with E-state index in [-0.39, 0.29) is 11.7 Å². The van der Waals surface area contributed by atoms with Crippen molar-refractivity contribution in [2.24, 2.45) is 0 Å². The molecule has 0 saturated carbocycles. The highest BCUT2D eigenvalue weighted by molar-refractivity contribution is 6.06. The normalized spacial score (nSPS) is 11.1. The molecule has 1 amide bonds. The number of aromatic nitrogens is 3. The maximum Gasteiger partial charge on any atom is 0.252 e. The Morgan fingerprint density at radius 1 is 1.09 bits per heavy atom. The van der Waals surface area contributed by atoms with Crippen LogP contribution >= 0.6 is 0 Å². The van der Waals surface area contributed by atoms with Crippen LogP contribution in [0.5, 0.6) is 0 Å². The van der Waals surface area contributed by atoms with E-state index in [0.29, 0.717) is 40.2 Å². The maximum absolute atomic E-state index is 13.8. The smallest absolute Gasteiger partial charge is 0.252 e. The number of rotatable bonds is 8. The van der Waals surface area contributed by atoms with Crippen molar-refractivity contribution >= 4 is 22.6 Å². The molecule has 2 aromatic carbocycles. The molecule has 34 heavy (non-hydrogen) atoms. The number of fused-ring (bicyclic) bond motifs is 1. The molecule has 4 aromatic rings. The lowest BCUT2D eigenvalue weighted by molar-refractivity contribution is 0.0955. The number of nitrogens with one attached hydrogen (secondary N) is 1. The van der Waals surface area contributed by atoms with Crippen molar-refractivity contribution in [2.75, 3.05) is 24.5 Å². The molecule has 176 valence electrons. The Morgan fingerprint density at radius 3 is 2.62 bits per heavy atom.